The third kappa shape index (κ3) is 5.80. The van der Waals surface area contributed by atoms with Gasteiger partial charge in [0.2, 0.25) is 5.91 Å². The molecule has 0 aliphatic carbocycles. The highest BCUT2D eigenvalue weighted by Crippen LogP contribution is 2.34. The lowest BCUT2D eigenvalue weighted by Crippen LogP contribution is -2.49. The van der Waals surface area contributed by atoms with Crippen LogP contribution < -0.4 is 9.47 Å². The molecule has 2 aromatic carbocycles. The van der Waals surface area contributed by atoms with Gasteiger partial charge in [0, 0.05) is 28.0 Å². The fourth-order valence-electron chi connectivity index (χ4n) is 4.23. The lowest BCUT2D eigenvalue weighted by Gasteiger charge is -2.37. The van der Waals surface area contributed by atoms with Gasteiger partial charge in [-0.25, -0.2) is 0 Å². The second-order valence-corrected chi connectivity index (χ2v) is 10.1. The molecule has 0 unspecified atom stereocenters. The van der Waals surface area contributed by atoms with Crippen molar-refractivity contribution in [3.63, 3.8) is 0 Å². The number of halogens is 1. The molecule has 2 heterocycles. The van der Waals surface area contributed by atoms with Gasteiger partial charge in [-0.05, 0) is 79.7 Å². The molecular formula is C27H29ClN2O4S. The van der Waals surface area contributed by atoms with Gasteiger partial charge in [-0.15, -0.1) is 11.3 Å². The van der Waals surface area contributed by atoms with Crippen LogP contribution in [0.4, 0.5) is 0 Å². The Morgan fingerprint density at radius 3 is 2.63 bits per heavy atom. The minimum Gasteiger partial charge on any atom is -0.497 e. The van der Waals surface area contributed by atoms with Crippen LogP contribution in [0.25, 0.3) is 0 Å². The van der Waals surface area contributed by atoms with Gasteiger partial charge in [0.15, 0.2) is 0 Å². The Morgan fingerprint density at radius 1 is 1.14 bits per heavy atom. The normalized spacial score (nSPS) is 15.0. The minimum atomic E-state index is -0.228. The maximum atomic E-state index is 13.6. The van der Waals surface area contributed by atoms with E-state index in [0.717, 1.165) is 12.0 Å². The number of amides is 2. The molecule has 2 amide bonds. The van der Waals surface area contributed by atoms with Gasteiger partial charge < -0.3 is 19.3 Å². The summed E-state index contributed by atoms with van der Waals surface area (Å²) in [5.41, 5.74) is 1.60. The van der Waals surface area contributed by atoms with Crippen LogP contribution in [0.2, 0.25) is 5.02 Å². The predicted molar refractivity (Wildman–Crippen MR) is 139 cm³/mol. The van der Waals surface area contributed by atoms with Crippen molar-refractivity contribution in [3.8, 4) is 11.5 Å². The van der Waals surface area contributed by atoms with Crippen LogP contribution in [0.1, 0.15) is 40.7 Å². The summed E-state index contributed by atoms with van der Waals surface area (Å²) >= 11 is 7.70. The van der Waals surface area contributed by atoms with E-state index >= 15 is 0 Å². The van der Waals surface area contributed by atoms with Crippen LogP contribution in [-0.2, 0) is 11.2 Å². The summed E-state index contributed by atoms with van der Waals surface area (Å²) in [5, 5.41) is 2.70. The first kappa shape index (κ1) is 25.1. The average molecular weight is 513 g/mol. The number of ether oxygens (including phenoxy) is 2. The third-order valence-electron chi connectivity index (χ3n) is 6.14. The van der Waals surface area contributed by atoms with Gasteiger partial charge >= 0.3 is 0 Å². The van der Waals surface area contributed by atoms with Crippen LogP contribution in [0.15, 0.2) is 60.0 Å². The molecule has 0 radical (unpaired) electrons. The Balaban J connectivity index is 1.53. The van der Waals surface area contributed by atoms with Crippen LogP contribution in [0.5, 0.6) is 11.5 Å². The molecule has 0 spiro atoms. The molecule has 0 saturated carbocycles. The van der Waals surface area contributed by atoms with E-state index in [1.54, 1.807) is 59.7 Å². The fourth-order valence-corrected chi connectivity index (χ4v) is 5.28. The minimum absolute atomic E-state index is 0.00930. The Hall–Kier alpha value is -3.03. The van der Waals surface area contributed by atoms with Gasteiger partial charge in [-0.3, -0.25) is 9.59 Å². The maximum Gasteiger partial charge on any atom is 0.254 e. The van der Waals surface area contributed by atoms with E-state index < -0.39 is 0 Å². The van der Waals surface area contributed by atoms with E-state index in [1.807, 2.05) is 30.9 Å². The first-order chi connectivity index (χ1) is 16.9. The van der Waals surface area contributed by atoms with Gasteiger partial charge in [0.05, 0.1) is 13.2 Å². The highest BCUT2D eigenvalue weighted by molar-refractivity contribution is 7.10. The molecule has 0 saturated heterocycles. The first-order valence-electron chi connectivity index (χ1n) is 11.6. The van der Waals surface area contributed by atoms with Crippen molar-refractivity contribution in [2.75, 3.05) is 26.8 Å². The average Bonchev–Trinajstić information content (AvgIpc) is 3.35. The summed E-state index contributed by atoms with van der Waals surface area (Å²) in [5.74, 6) is 0.999. The number of benzene rings is 2. The molecule has 1 aromatic heterocycles. The lowest BCUT2D eigenvalue weighted by atomic mass is 10.00. The van der Waals surface area contributed by atoms with Crippen molar-refractivity contribution in [2.45, 2.75) is 32.4 Å². The predicted octanol–water partition coefficient (Wildman–Crippen LogP) is 5.47. The van der Waals surface area contributed by atoms with E-state index in [-0.39, 0.29) is 30.4 Å². The number of nitrogens with zero attached hydrogens (tertiary/aromatic N) is 2. The first-order valence-corrected chi connectivity index (χ1v) is 12.8. The highest BCUT2D eigenvalue weighted by Gasteiger charge is 2.34. The number of methoxy groups -OCH3 is 1. The van der Waals surface area contributed by atoms with E-state index in [2.05, 4.69) is 11.4 Å². The number of carbonyl (C=O) groups is 2. The van der Waals surface area contributed by atoms with Crippen LogP contribution in [-0.4, -0.2) is 54.5 Å². The second kappa shape index (κ2) is 11.1. The Kier molecular flexibility index (Phi) is 7.98. The summed E-state index contributed by atoms with van der Waals surface area (Å²) in [6.07, 6.45) is 0.793. The summed E-state index contributed by atoms with van der Waals surface area (Å²) in [4.78, 5) is 31.6. The SMILES string of the molecule is COc1cccc(C(=O)N(CC(=O)N2CCc3sccc3[C@@H]2COc2ccc(Cl)cc2)C(C)C)c1. The van der Waals surface area contributed by atoms with Crippen molar-refractivity contribution in [2.24, 2.45) is 0 Å². The van der Waals surface area contributed by atoms with Crippen LogP contribution in [0.3, 0.4) is 0 Å². The molecule has 0 fully saturated rings. The molecule has 0 bridgehead atoms. The third-order valence-corrected chi connectivity index (χ3v) is 7.39. The molecule has 184 valence electrons. The van der Waals surface area contributed by atoms with Gasteiger partial charge in [-0.2, -0.15) is 0 Å². The number of fused-ring (bicyclic) bond motifs is 1. The van der Waals surface area contributed by atoms with Crippen molar-refractivity contribution in [1.29, 1.82) is 0 Å². The van der Waals surface area contributed by atoms with Gasteiger partial charge in [-0.1, -0.05) is 17.7 Å². The van der Waals surface area contributed by atoms with Crippen LogP contribution >= 0.6 is 22.9 Å². The van der Waals surface area contributed by atoms with Crippen molar-refractivity contribution in [3.05, 3.63) is 81.0 Å². The smallest absolute Gasteiger partial charge is 0.254 e. The quantitative estimate of drug-likeness (QED) is 0.402. The number of carbonyl (C=O) groups excluding carboxylic acids is 2. The van der Waals surface area contributed by atoms with Crippen molar-refractivity contribution in [1.82, 2.24) is 9.80 Å². The summed E-state index contributed by atoms with van der Waals surface area (Å²) in [6, 6.07) is 15.9. The van der Waals surface area contributed by atoms with Gasteiger partial charge in [0.1, 0.15) is 24.7 Å². The van der Waals surface area contributed by atoms with Crippen LogP contribution in [0, 0.1) is 0 Å². The number of hydrogen-bond donors (Lipinski definition) is 0. The zero-order valence-corrected chi connectivity index (χ0v) is 21.6. The van der Waals surface area contributed by atoms with E-state index in [4.69, 9.17) is 21.1 Å². The monoisotopic (exact) mass is 512 g/mol. The molecule has 1 aliphatic heterocycles. The molecule has 8 heteroatoms. The molecular weight excluding hydrogens is 484 g/mol. The molecule has 4 rings (SSSR count). The van der Waals surface area contributed by atoms with Crippen molar-refractivity contribution >= 4 is 34.8 Å². The topological polar surface area (TPSA) is 59.1 Å². The van der Waals surface area contributed by atoms with E-state index in [1.165, 1.54) is 4.88 Å². The Bertz CT molecular complexity index is 1180. The zero-order chi connectivity index (χ0) is 24.9. The lowest BCUT2D eigenvalue weighted by molar-refractivity contribution is -0.136. The summed E-state index contributed by atoms with van der Waals surface area (Å²) in [6.45, 7) is 4.73. The number of thiophene rings is 1. The van der Waals surface area contributed by atoms with Crippen molar-refractivity contribution < 1.29 is 19.1 Å². The molecule has 0 N–H and O–H groups in total. The zero-order valence-electron chi connectivity index (χ0n) is 20.1. The number of rotatable bonds is 8. The molecule has 1 atom stereocenters. The molecule has 6 nitrogen and oxygen atoms in total. The maximum absolute atomic E-state index is 13.6. The molecule has 1 aliphatic rings. The van der Waals surface area contributed by atoms with Gasteiger partial charge in [0.25, 0.3) is 5.91 Å². The standard InChI is InChI=1S/C27H29ClN2O4S/c1-18(2)30(27(32)19-5-4-6-22(15-19)33-3)16-26(31)29-13-11-25-23(12-14-35-25)24(29)17-34-21-9-7-20(28)8-10-21/h4-10,12,14-15,18,24H,11,13,16-17H2,1-3H3/t24-/m0/s1. The molecule has 3 aromatic rings. The number of hydrogen-bond acceptors (Lipinski definition) is 5. The van der Waals surface area contributed by atoms with E-state index in [9.17, 15) is 9.59 Å². The fraction of sp³-hybridized carbons (Fsp3) is 0.333. The largest absolute Gasteiger partial charge is 0.497 e. The Labute approximate surface area is 215 Å². The van der Waals surface area contributed by atoms with E-state index in [0.29, 0.717) is 35.2 Å². The second-order valence-electron chi connectivity index (χ2n) is 8.68. The highest BCUT2D eigenvalue weighted by atomic mass is 35.5. The summed E-state index contributed by atoms with van der Waals surface area (Å²) in [7, 11) is 1.56. The molecule has 35 heavy (non-hydrogen) atoms. The summed E-state index contributed by atoms with van der Waals surface area (Å²) < 4.78 is 11.3. The Morgan fingerprint density at radius 2 is 1.91 bits per heavy atom.